The molecule has 1 amide bonds. The molecule has 23 heavy (non-hydrogen) atoms. The number of carbonyl (C=O) groups excluding carboxylic acids is 1. The fourth-order valence-electron chi connectivity index (χ4n) is 2.04. The van der Waals surface area contributed by atoms with E-state index in [1.165, 1.54) is 17.3 Å². The monoisotopic (exact) mass is 333 g/mol. The molecule has 0 atom stereocenters. The number of anilines is 1. The van der Waals surface area contributed by atoms with E-state index in [1.54, 1.807) is 4.68 Å². The van der Waals surface area contributed by atoms with E-state index < -0.39 is 0 Å². The van der Waals surface area contributed by atoms with Crippen LogP contribution in [0.5, 0.6) is 0 Å². The van der Waals surface area contributed by atoms with Crippen LogP contribution >= 0.6 is 11.8 Å². The van der Waals surface area contributed by atoms with Gasteiger partial charge < -0.3 is 5.32 Å². The van der Waals surface area contributed by atoms with Gasteiger partial charge in [0, 0.05) is 12.2 Å². The summed E-state index contributed by atoms with van der Waals surface area (Å²) in [7, 11) is 0. The molecule has 0 radical (unpaired) electrons. The van der Waals surface area contributed by atoms with E-state index in [9.17, 15) is 4.79 Å². The van der Waals surface area contributed by atoms with Crippen LogP contribution in [-0.2, 0) is 11.3 Å². The minimum atomic E-state index is -0.0635. The normalized spacial score (nSPS) is 11.2. The predicted octanol–water partition coefficient (Wildman–Crippen LogP) is 3.18. The molecular formula is C16H23N5OS. The molecule has 0 aliphatic rings. The fraction of sp³-hybridized carbons (Fsp3) is 0.500. The van der Waals surface area contributed by atoms with Crippen molar-refractivity contribution in [3.05, 3.63) is 29.8 Å². The van der Waals surface area contributed by atoms with Crippen molar-refractivity contribution in [1.82, 2.24) is 20.2 Å². The number of carbonyl (C=O) groups is 1. The molecule has 0 aliphatic carbocycles. The summed E-state index contributed by atoms with van der Waals surface area (Å²) in [6.45, 7) is 9.23. The Morgan fingerprint density at radius 2 is 1.91 bits per heavy atom. The third-order valence-corrected chi connectivity index (χ3v) is 4.19. The van der Waals surface area contributed by atoms with Crippen LogP contribution in [0.25, 0.3) is 0 Å². The topological polar surface area (TPSA) is 72.7 Å². The van der Waals surface area contributed by atoms with Gasteiger partial charge in [0.2, 0.25) is 11.1 Å². The molecule has 0 fully saturated rings. The Morgan fingerprint density at radius 1 is 1.22 bits per heavy atom. The maximum absolute atomic E-state index is 12.1. The Bertz CT molecular complexity index is 636. The van der Waals surface area contributed by atoms with Gasteiger partial charge in [-0.2, -0.15) is 0 Å². The lowest BCUT2D eigenvalue weighted by molar-refractivity contribution is -0.113. The van der Waals surface area contributed by atoms with Gasteiger partial charge >= 0.3 is 0 Å². The van der Waals surface area contributed by atoms with E-state index in [1.807, 2.05) is 24.3 Å². The zero-order valence-electron chi connectivity index (χ0n) is 14.0. The van der Waals surface area contributed by atoms with Crippen LogP contribution in [0.4, 0.5) is 5.69 Å². The molecule has 0 spiro atoms. The van der Waals surface area contributed by atoms with Crippen molar-refractivity contribution >= 4 is 23.4 Å². The molecule has 0 saturated carbocycles. The average Bonchev–Trinajstić information content (AvgIpc) is 2.92. The molecule has 2 rings (SSSR count). The van der Waals surface area contributed by atoms with Gasteiger partial charge in [0.1, 0.15) is 0 Å². The van der Waals surface area contributed by atoms with Crippen LogP contribution in [0.1, 0.15) is 39.2 Å². The van der Waals surface area contributed by atoms with Crippen molar-refractivity contribution in [3.63, 3.8) is 0 Å². The first-order chi connectivity index (χ1) is 11.0. The highest BCUT2D eigenvalue weighted by Crippen LogP contribution is 2.18. The highest BCUT2D eigenvalue weighted by Gasteiger charge is 2.11. The zero-order valence-corrected chi connectivity index (χ0v) is 14.8. The van der Waals surface area contributed by atoms with E-state index in [0.717, 1.165) is 12.2 Å². The molecule has 0 saturated heterocycles. The SMILES string of the molecule is CC(C)Cn1nnnc1SCC(=O)Nc1ccc(C(C)C)cc1. The maximum Gasteiger partial charge on any atom is 0.234 e. The Labute approximate surface area is 141 Å². The molecule has 1 heterocycles. The van der Waals surface area contributed by atoms with Gasteiger partial charge in [-0.15, -0.1) is 5.10 Å². The lowest BCUT2D eigenvalue weighted by atomic mass is 10.0. The predicted molar refractivity (Wildman–Crippen MR) is 92.5 cm³/mol. The minimum absolute atomic E-state index is 0.0635. The summed E-state index contributed by atoms with van der Waals surface area (Å²) in [5.41, 5.74) is 2.06. The number of hydrogen-bond acceptors (Lipinski definition) is 5. The Morgan fingerprint density at radius 3 is 2.52 bits per heavy atom. The van der Waals surface area contributed by atoms with Gasteiger partial charge in [-0.05, 0) is 40.0 Å². The number of nitrogens with zero attached hydrogens (tertiary/aromatic N) is 4. The quantitative estimate of drug-likeness (QED) is 0.788. The molecular weight excluding hydrogens is 310 g/mol. The van der Waals surface area contributed by atoms with Crippen LogP contribution < -0.4 is 5.32 Å². The van der Waals surface area contributed by atoms with Gasteiger partial charge in [0.15, 0.2) is 0 Å². The highest BCUT2D eigenvalue weighted by atomic mass is 32.2. The molecule has 0 unspecified atom stereocenters. The van der Waals surface area contributed by atoms with Crippen molar-refractivity contribution in [2.45, 2.75) is 45.3 Å². The van der Waals surface area contributed by atoms with E-state index in [2.05, 4.69) is 48.5 Å². The summed E-state index contributed by atoms with van der Waals surface area (Å²) >= 11 is 1.35. The molecule has 6 nitrogen and oxygen atoms in total. The standard InChI is InChI=1S/C16H23N5OS/c1-11(2)9-21-16(18-19-20-21)23-10-15(22)17-14-7-5-13(6-8-14)12(3)4/h5-8,11-12H,9-10H2,1-4H3,(H,17,22). The second kappa shape index (κ2) is 8.10. The Kier molecular flexibility index (Phi) is 6.15. The first kappa shape index (κ1) is 17.5. The number of thioether (sulfide) groups is 1. The minimum Gasteiger partial charge on any atom is -0.325 e. The number of hydrogen-bond donors (Lipinski definition) is 1. The second-order valence-corrected chi connectivity index (χ2v) is 7.09. The van der Waals surface area contributed by atoms with E-state index in [-0.39, 0.29) is 11.7 Å². The Balaban J connectivity index is 1.87. The van der Waals surface area contributed by atoms with E-state index >= 15 is 0 Å². The molecule has 2 aromatic rings. The van der Waals surface area contributed by atoms with Gasteiger partial charge in [-0.3, -0.25) is 4.79 Å². The summed E-state index contributed by atoms with van der Waals surface area (Å²) in [6.07, 6.45) is 0. The second-order valence-electron chi connectivity index (χ2n) is 6.15. The first-order valence-corrected chi connectivity index (χ1v) is 8.73. The average molecular weight is 333 g/mol. The van der Waals surface area contributed by atoms with Gasteiger partial charge in [0.25, 0.3) is 0 Å². The zero-order chi connectivity index (χ0) is 16.8. The summed E-state index contributed by atoms with van der Waals surface area (Å²) in [5, 5.41) is 15.1. The van der Waals surface area contributed by atoms with Crippen LogP contribution in [0.3, 0.4) is 0 Å². The van der Waals surface area contributed by atoms with Crippen LogP contribution in [0, 0.1) is 5.92 Å². The number of nitrogens with one attached hydrogen (secondary N) is 1. The lowest BCUT2D eigenvalue weighted by Gasteiger charge is -2.09. The molecule has 7 heteroatoms. The van der Waals surface area contributed by atoms with Crippen molar-refractivity contribution in [1.29, 1.82) is 0 Å². The van der Waals surface area contributed by atoms with Crippen molar-refractivity contribution in [2.75, 3.05) is 11.1 Å². The van der Waals surface area contributed by atoms with Crippen molar-refractivity contribution in [3.8, 4) is 0 Å². The van der Waals surface area contributed by atoms with Crippen LogP contribution in [0.15, 0.2) is 29.4 Å². The lowest BCUT2D eigenvalue weighted by Crippen LogP contribution is -2.15. The van der Waals surface area contributed by atoms with Gasteiger partial charge in [-0.1, -0.05) is 51.6 Å². The van der Waals surface area contributed by atoms with Crippen molar-refractivity contribution in [2.24, 2.45) is 5.92 Å². The molecule has 0 aliphatic heterocycles. The van der Waals surface area contributed by atoms with Crippen molar-refractivity contribution < 1.29 is 4.79 Å². The van der Waals surface area contributed by atoms with E-state index in [0.29, 0.717) is 17.0 Å². The summed E-state index contributed by atoms with van der Waals surface area (Å²) in [5.74, 6) is 1.15. The van der Waals surface area contributed by atoms with Gasteiger partial charge in [-0.25, -0.2) is 4.68 Å². The van der Waals surface area contributed by atoms with Gasteiger partial charge in [0.05, 0.1) is 5.75 Å². The molecule has 1 N–H and O–H groups in total. The summed E-state index contributed by atoms with van der Waals surface area (Å²) in [4.78, 5) is 12.1. The molecule has 124 valence electrons. The molecule has 1 aromatic heterocycles. The molecule has 1 aromatic carbocycles. The summed E-state index contributed by atoms with van der Waals surface area (Å²) in [6, 6.07) is 7.94. The van der Waals surface area contributed by atoms with Crippen LogP contribution in [-0.4, -0.2) is 31.9 Å². The number of amides is 1. The smallest absolute Gasteiger partial charge is 0.234 e. The third kappa shape index (κ3) is 5.35. The number of tetrazole rings is 1. The maximum atomic E-state index is 12.1. The largest absolute Gasteiger partial charge is 0.325 e. The van der Waals surface area contributed by atoms with Crippen LogP contribution in [0.2, 0.25) is 0 Å². The fourth-order valence-corrected chi connectivity index (χ4v) is 2.73. The number of benzene rings is 1. The molecule has 0 bridgehead atoms. The number of rotatable bonds is 7. The summed E-state index contributed by atoms with van der Waals surface area (Å²) < 4.78 is 1.74. The first-order valence-electron chi connectivity index (χ1n) is 7.74. The van der Waals surface area contributed by atoms with E-state index in [4.69, 9.17) is 0 Å². The Hall–Kier alpha value is -1.89. The highest BCUT2D eigenvalue weighted by molar-refractivity contribution is 7.99. The number of aromatic nitrogens is 4. The third-order valence-electron chi connectivity index (χ3n) is 3.23.